The van der Waals surface area contributed by atoms with Gasteiger partial charge in [0.05, 0.1) is 12.1 Å². The van der Waals surface area contributed by atoms with Gasteiger partial charge in [-0.3, -0.25) is 29.0 Å². The molecule has 10 nitrogen and oxygen atoms in total. The highest BCUT2D eigenvalue weighted by atomic mass is 35.5. The van der Waals surface area contributed by atoms with Crippen molar-refractivity contribution in [3.05, 3.63) is 138 Å². The molecule has 0 spiro atoms. The summed E-state index contributed by atoms with van der Waals surface area (Å²) in [5, 5.41) is 7.50. The Morgan fingerprint density at radius 1 is 0.524 bits per heavy atom. The van der Waals surface area contributed by atoms with Crippen LogP contribution in [0.15, 0.2) is 60.7 Å². The van der Waals surface area contributed by atoms with Gasteiger partial charge >= 0.3 is 0 Å². The summed E-state index contributed by atoms with van der Waals surface area (Å²) in [6, 6.07) is 15.1. The van der Waals surface area contributed by atoms with E-state index >= 15 is 0 Å². The number of benzene rings is 4. The second kappa shape index (κ2) is 27.7. The molecule has 4 aromatic carbocycles. The van der Waals surface area contributed by atoms with E-state index in [1.807, 2.05) is 49.6 Å². The third-order valence-electron chi connectivity index (χ3n) is 19.3. The maximum Gasteiger partial charge on any atom is 0.226 e. The molecule has 4 aromatic rings. The van der Waals surface area contributed by atoms with Gasteiger partial charge in [0.15, 0.2) is 0 Å². The average molecular weight is 1210 g/mol. The Morgan fingerprint density at radius 2 is 0.893 bits per heavy atom. The largest absolute Gasteiger partial charge is 0.350 e. The minimum absolute atomic E-state index is 0.00693. The van der Waals surface area contributed by atoms with E-state index in [-0.39, 0.29) is 71.5 Å². The van der Waals surface area contributed by atoms with E-state index in [0.717, 1.165) is 84.0 Å². The number of hydrogen-bond acceptors (Lipinski definition) is 6. The molecule has 4 heterocycles. The summed E-state index contributed by atoms with van der Waals surface area (Å²) < 4.78 is 85.5. The number of amides is 4. The highest BCUT2D eigenvalue weighted by molar-refractivity contribution is 6.31. The van der Waals surface area contributed by atoms with Gasteiger partial charge in [-0.15, -0.1) is 0 Å². The van der Waals surface area contributed by atoms with Crippen LogP contribution in [0.2, 0.25) is 10.0 Å². The van der Waals surface area contributed by atoms with E-state index in [2.05, 4.69) is 32.6 Å². The molecule has 10 atom stereocenters. The first-order chi connectivity index (χ1) is 40.1. The Labute approximate surface area is 501 Å². The lowest BCUT2D eigenvalue weighted by atomic mass is 9.82. The van der Waals surface area contributed by atoms with Gasteiger partial charge in [-0.05, 0) is 183 Å². The third-order valence-corrected chi connectivity index (χ3v) is 20.1. The monoisotopic (exact) mass is 1210 g/mol. The molecule has 2 N–H and O–H groups in total. The number of hydrogen-bond donors (Lipinski definition) is 2. The van der Waals surface area contributed by atoms with Crippen molar-refractivity contribution in [3.8, 4) is 0 Å². The molecule has 4 aliphatic heterocycles. The van der Waals surface area contributed by atoms with Crippen LogP contribution in [0, 0.1) is 49.0 Å². The van der Waals surface area contributed by atoms with Gasteiger partial charge in [0.1, 0.15) is 35.6 Å². The summed E-state index contributed by atoms with van der Waals surface area (Å²) in [4.78, 5) is 59.9. The zero-order valence-electron chi connectivity index (χ0n) is 49.3. The molecule has 6 fully saturated rings. The number of halogens is 8. The lowest BCUT2D eigenvalue weighted by molar-refractivity contribution is -0.137. The van der Waals surface area contributed by atoms with E-state index in [4.69, 9.17) is 23.2 Å². The predicted molar refractivity (Wildman–Crippen MR) is 317 cm³/mol. The van der Waals surface area contributed by atoms with Crippen LogP contribution in [-0.2, 0) is 19.2 Å². The van der Waals surface area contributed by atoms with Crippen LogP contribution in [0.5, 0.6) is 0 Å². The number of piperidine rings is 2. The fraction of sp³-hybridized carbons (Fsp3) is 0.576. The molecular formula is C66H82Cl2F6N6O4. The van der Waals surface area contributed by atoms with Crippen molar-refractivity contribution in [2.24, 2.45) is 11.8 Å². The summed E-state index contributed by atoms with van der Waals surface area (Å²) >= 11 is 13.1. The number of carbonyl (C=O) groups is 4. The fourth-order valence-electron chi connectivity index (χ4n) is 14.9. The van der Waals surface area contributed by atoms with Crippen molar-refractivity contribution < 1.29 is 45.5 Å². The van der Waals surface area contributed by atoms with Crippen LogP contribution in [0.25, 0.3) is 0 Å². The lowest BCUT2D eigenvalue weighted by Gasteiger charge is -2.36. The van der Waals surface area contributed by atoms with Crippen molar-refractivity contribution in [1.82, 2.24) is 30.2 Å². The Bertz CT molecular complexity index is 2830. The Hall–Kier alpha value is -5.16. The molecule has 4 amide bonds. The number of nitrogens with zero attached hydrogens (tertiary/aromatic N) is 4. The number of alkyl halides is 2. The summed E-state index contributed by atoms with van der Waals surface area (Å²) in [6.07, 6.45) is 5.86. The molecule has 0 bridgehead atoms. The van der Waals surface area contributed by atoms with Gasteiger partial charge in [0.2, 0.25) is 23.6 Å². The van der Waals surface area contributed by atoms with Crippen LogP contribution >= 0.6 is 23.2 Å². The molecule has 4 saturated heterocycles. The van der Waals surface area contributed by atoms with Crippen molar-refractivity contribution in [2.75, 3.05) is 52.4 Å². The van der Waals surface area contributed by atoms with Crippen LogP contribution < -0.4 is 10.6 Å². The molecule has 10 rings (SSSR count). The summed E-state index contributed by atoms with van der Waals surface area (Å²) in [7, 11) is 0. The number of carbonyl (C=O) groups excluding carboxylic acids is 4. The van der Waals surface area contributed by atoms with Crippen molar-refractivity contribution in [2.45, 2.75) is 179 Å². The van der Waals surface area contributed by atoms with Gasteiger partial charge in [-0.1, -0.05) is 61.3 Å². The van der Waals surface area contributed by atoms with Gasteiger partial charge in [0, 0.05) is 112 Å². The molecule has 0 radical (unpaired) electrons. The Balaban J connectivity index is 0.000000202. The molecule has 18 heteroatoms. The van der Waals surface area contributed by atoms with Crippen LogP contribution in [0.3, 0.4) is 0 Å². The lowest BCUT2D eigenvalue weighted by Crippen LogP contribution is -2.42. The maximum atomic E-state index is 15.0. The number of rotatable bonds is 14. The smallest absolute Gasteiger partial charge is 0.226 e. The van der Waals surface area contributed by atoms with E-state index in [1.54, 1.807) is 0 Å². The average Bonchev–Trinajstić information content (AvgIpc) is 2.21. The number of aryl methyl sites for hydroxylation is 2. The molecular weight excluding hydrogens is 1130 g/mol. The molecule has 2 aliphatic carbocycles. The van der Waals surface area contributed by atoms with Crippen LogP contribution in [-0.4, -0.2) is 120 Å². The minimum Gasteiger partial charge on any atom is -0.350 e. The summed E-state index contributed by atoms with van der Waals surface area (Å²) in [5.41, 5.74) is 7.01. The molecule has 2 saturated carbocycles. The molecule has 6 aliphatic rings. The quantitative estimate of drug-likeness (QED) is 0.122. The normalized spacial score (nSPS) is 26.0. The van der Waals surface area contributed by atoms with E-state index in [0.29, 0.717) is 112 Å². The van der Waals surface area contributed by atoms with Crippen LogP contribution in [0.4, 0.5) is 26.3 Å². The standard InChI is InChI=1S/2C33H41ClF3N3O2/c2*1-4-32(38-20(3)41)28-13-19(2)30(34)17-26(28)21-7-10-39(11-8-21)33(42)29-16-24(40-12-9-23(36)18-40)15-27(29)25-6-5-22(35)14-31(25)37/h2*5-6,13-14,17,21,23-24,27,29,32H,4,7-12,15-16,18H2,1-3H3,(H,38,41)/t23-,24+,27-,29+,32-;23-,24-,27-,29+,32-/m00/s1. The van der Waals surface area contributed by atoms with Gasteiger partial charge in [0.25, 0.3) is 0 Å². The zero-order valence-corrected chi connectivity index (χ0v) is 50.8. The summed E-state index contributed by atoms with van der Waals surface area (Å²) in [6.45, 7) is 15.2. The van der Waals surface area contributed by atoms with Crippen LogP contribution in [0.1, 0.15) is 185 Å². The number of likely N-dealkylation sites (tertiary alicyclic amines) is 4. The molecule has 84 heavy (non-hydrogen) atoms. The Morgan fingerprint density at radius 3 is 1.20 bits per heavy atom. The van der Waals surface area contributed by atoms with Crippen molar-refractivity contribution in [3.63, 3.8) is 0 Å². The maximum absolute atomic E-state index is 15.0. The van der Waals surface area contributed by atoms with Gasteiger partial charge < -0.3 is 20.4 Å². The van der Waals surface area contributed by atoms with E-state index in [1.165, 1.54) is 38.1 Å². The number of nitrogens with one attached hydrogen (secondary N) is 2. The first kappa shape index (κ1) is 63.3. The van der Waals surface area contributed by atoms with E-state index < -0.39 is 47.4 Å². The van der Waals surface area contributed by atoms with Crippen molar-refractivity contribution in [1.29, 1.82) is 0 Å². The van der Waals surface area contributed by atoms with Gasteiger partial charge in [-0.2, -0.15) is 0 Å². The topological polar surface area (TPSA) is 105 Å². The highest BCUT2D eigenvalue weighted by Crippen LogP contribution is 2.48. The Kier molecular flexibility index (Phi) is 20.9. The predicted octanol–water partition coefficient (Wildman–Crippen LogP) is 13.7. The van der Waals surface area contributed by atoms with E-state index in [9.17, 15) is 45.5 Å². The zero-order chi connectivity index (χ0) is 60.3. The SMILES string of the molecule is CC[C@H](NC(C)=O)c1cc(C)c(Cl)cc1C1CCN(C(=O)[C@@H]2C[C@@H](N3CC[C@H](F)C3)C[C@H]2c2ccc(F)cc2F)CC1.CC[C@H](NC(C)=O)c1cc(C)c(Cl)cc1C1CCN(C(=O)[C@@H]2C[C@H](N3CC[C@H](F)C3)C[C@H]2c2ccc(F)cc2F)CC1. The fourth-order valence-corrected chi connectivity index (χ4v) is 15.3. The highest BCUT2D eigenvalue weighted by Gasteiger charge is 2.48. The second-order valence-corrected chi connectivity index (χ2v) is 25.6. The first-order valence-electron chi connectivity index (χ1n) is 30.5. The van der Waals surface area contributed by atoms with Gasteiger partial charge in [-0.25, -0.2) is 26.3 Å². The first-order valence-corrected chi connectivity index (χ1v) is 31.2. The molecule has 0 unspecified atom stereocenters. The molecule has 0 aromatic heterocycles. The minimum atomic E-state index is -0.877. The third kappa shape index (κ3) is 14.5. The summed E-state index contributed by atoms with van der Waals surface area (Å²) in [5.74, 6) is -4.03. The van der Waals surface area contributed by atoms with Crippen molar-refractivity contribution >= 4 is 46.8 Å². The second-order valence-electron chi connectivity index (χ2n) is 24.8. The molecule has 456 valence electrons.